The summed E-state index contributed by atoms with van der Waals surface area (Å²) in [5, 5.41) is 20.6. The van der Waals surface area contributed by atoms with Crippen molar-refractivity contribution < 1.29 is 10.0 Å². The molecule has 0 heterocycles. The second-order valence-electron chi connectivity index (χ2n) is 5.02. The molecule has 0 spiro atoms. The van der Waals surface area contributed by atoms with E-state index in [9.17, 15) is 15.2 Å². The molecule has 1 aromatic carbocycles. The molecule has 0 bridgehead atoms. The summed E-state index contributed by atoms with van der Waals surface area (Å²) in [7, 11) is 0. The topological polar surface area (TPSA) is 63.4 Å². The number of aliphatic hydroxyl groups excluding tert-OH is 1. The van der Waals surface area contributed by atoms with Gasteiger partial charge in [0.1, 0.15) is 0 Å². The molecule has 1 fully saturated rings. The van der Waals surface area contributed by atoms with Crippen LogP contribution in [-0.2, 0) is 0 Å². The average Bonchev–Trinajstić information content (AvgIpc) is 2.34. The van der Waals surface area contributed by atoms with Crippen molar-refractivity contribution in [2.24, 2.45) is 5.41 Å². The number of hydrogen-bond acceptors (Lipinski definition) is 3. The lowest BCUT2D eigenvalue weighted by Crippen LogP contribution is -2.49. The number of nitro benzene ring substituents is 1. The van der Waals surface area contributed by atoms with Crippen molar-refractivity contribution in [3.05, 3.63) is 39.9 Å². The Morgan fingerprint density at radius 2 is 2.29 bits per heavy atom. The molecular weight excluding hydrogens is 218 g/mol. The molecule has 3 unspecified atom stereocenters. The summed E-state index contributed by atoms with van der Waals surface area (Å²) < 4.78 is 0. The van der Waals surface area contributed by atoms with E-state index in [2.05, 4.69) is 0 Å². The average molecular weight is 235 g/mol. The Hall–Kier alpha value is -1.42. The molecule has 4 heteroatoms. The van der Waals surface area contributed by atoms with Crippen molar-refractivity contribution in [1.82, 2.24) is 0 Å². The lowest BCUT2D eigenvalue weighted by molar-refractivity contribution is -0.385. The van der Waals surface area contributed by atoms with Crippen LogP contribution in [0, 0.1) is 15.5 Å². The normalized spacial score (nSPS) is 31.9. The van der Waals surface area contributed by atoms with Gasteiger partial charge in [0.15, 0.2) is 0 Å². The van der Waals surface area contributed by atoms with Gasteiger partial charge >= 0.3 is 0 Å². The number of non-ortho nitro benzene ring substituents is 1. The summed E-state index contributed by atoms with van der Waals surface area (Å²) in [5.74, 6) is 0.224. The summed E-state index contributed by atoms with van der Waals surface area (Å²) in [4.78, 5) is 10.4. The summed E-state index contributed by atoms with van der Waals surface area (Å²) in [6.07, 6.45) is 1.28. The Morgan fingerprint density at radius 1 is 1.59 bits per heavy atom. The van der Waals surface area contributed by atoms with Gasteiger partial charge in [-0.05, 0) is 24.3 Å². The van der Waals surface area contributed by atoms with Crippen LogP contribution in [0.2, 0.25) is 0 Å². The number of hydrogen-bond donors (Lipinski definition) is 1. The monoisotopic (exact) mass is 235 g/mol. The van der Waals surface area contributed by atoms with E-state index in [1.54, 1.807) is 12.1 Å². The van der Waals surface area contributed by atoms with Crippen LogP contribution in [0.15, 0.2) is 24.3 Å². The third kappa shape index (κ3) is 1.82. The fraction of sp³-hybridized carbons (Fsp3) is 0.538. The summed E-state index contributed by atoms with van der Waals surface area (Å²) >= 11 is 0. The van der Waals surface area contributed by atoms with Crippen LogP contribution < -0.4 is 0 Å². The van der Waals surface area contributed by atoms with Gasteiger partial charge in [0, 0.05) is 17.5 Å². The van der Waals surface area contributed by atoms with Gasteiger partial charge in [-0.25, -0.2) is 0 Å². The fourth-order valence-corrected chi connectivity index (χ4v) is 2.69. The molecule has 1 N–H and O–H groups in total. The summed E-state index contributed by atoms with van der Waals surface area (Å²) in [5.41, 5.74) is 0.950. The lowest BCUT2D eigenvalue weighted by Gasteiger charge is -2.51. The minimum absolute atomic E-state index is 0.127. The Labute approximate surface area is 100 Å². The van der Waals surface area contributed by atoms with Crippen LogP contribution in [0.1, 0.15) is 38.2 Å². The third-order valence-electron chi connectivity index (χ3n) is 4.26. The largest absolute Gasteiger partial charge is 0.393 e. The van der Waals surface area contributed by atoms with Crippen LogP contribution in [-0.4, -0.2) is 16.1 Å². The molecule has 1 aliphatic rings. The predicted octanol–water partition coefficient (Wildman–Crippen LogP) is 2.86. The zero-order valence-electron chi connectivity index (χ0n) is 10.1. The standard InChI is InChI=1S/C13H17NO3/c1-3-13(2)11(8-12(13)15)9-5-4-6-10(7-9)14(16)17/h4-7,11-12,15H,3,8H2,1-2H3. The van der Waals surface area contributed by atoms with Crippen molar-refractivity contribution >= 4 is 5.69 Å². The highest BCUT2D eigenvalue weighted by atomic mass is 16.6. The minimum atomic E-state index is -0.373. The van der Waals surface area contributed by atoms with E-state index in [0.717, 1.165) is 12.0 Å². The second kappa shape index (κ2) is 4.11. The van der Waals surface area contributed by atoms with Gasteiger partial charge in [-0.2, -0.15) is 0 Å². The van der Waals surface area contributed by atoms with Crippen molar-refractivity contribution in [1.29, 1.82) is 0 Å². The molecule has 3 atom stereocenters. The number of benzene rings is 1. The molecule has 4 nitrogen and oxygen atoms in total. The molecule has 0 aromatic heterocycles. The molecular formula is C13H17NO3. The van der Waals surface area contributed by atoms with Gasteiger partial charge in [0.05, 0.1) is 11.0 Å². The summed E-state index contributed by atoms with van der Waals surface area (Å²) in [6.45, 7) is 4.09. The minimum Gasteiger partial charge on any atom is -0.393 e. The number of nitro groups is 1. The molecule has 2 rings (SSSR count). The van der Waals surface area contributed by atoms with Crippen LogP contribution in [0.5, 0.6) is 0 Å². The van der Waals surface area contributed by atoms with Crippen molar-refractivity contribution in [3.63, 3.8) is 0 Å². The van der Waals surface area contributed by atoms with Crippen molar-refractivity contribution in [3.8, 4) is 0 Å². The molecule has 0 amide bonds. The highest BCUT2D eigenvalue weighted by molar-refractivity contribution is 5.38. The molecule has 0 saturated heterocycles. The Kier molecular flexibility index (Phi) is 2.91. The highest BCUT2D eigenvalue weighted by Gasteiger charge is 2.50. The van der Waals surface area contributed by atoms with Gasteiger partial charge in [-0.3, -0.25) is 10.1 Å². The maximum Gasteiger partial charge on any atom is 0.269 e. The molecule has 1 saturated carbocycles. The van der Waals surface area contributed by atoms with Crippen LogP contribution in [0.25, 0.3) is 0 Å². The van der Waals surface area contributed by atoms with E-state index < -0.39 is 0 Å². The SMILES string of the molecule is CCC1(C)C(O)CC1c1cccc([N+](=O)[O-])c1. The molecule has 1 aliphatic carbocycles. The van der Waals surface area contributed by atoms with Crippen LogP contribution >= 0.6 is 0 Å². The first-order chi connectivity index (χ1) is 7.99. The molecule has 17 heavy (non-hydrogen) atoms. The Bertz CT molecular complexity index is 446. The molecule has 92 valence electrons. The van der Waals surface area contributed by atoms with Gasteiger partial charge in [0.2, 0.25) is 0 Å². The van der Waals surface area contributed by atoms with E-state index in [1.807, 2.05) is 19.9 Å². The van der Waals surface area contributed by atoms with Gasteiger partial charge in [0.25, 0.3) is 5.69 Å². The van der Waals surface area contributed by atoms with Gasteiger partial charge < -0.3 is 5.11 Å². The smallest absolute Gasteiger partial charge is 0.269 e. The number of aliphatic hydroxyl groups is 1. The predicted molar refractivity (Wildman–Crippen MR) is 64.9 cm³/mol. The first kappa shape index (κ1) is 12.0. The Balaban J connectivity index is 2.30. The molecule has 0 radical (unpaired) electrons. The molecule has 0 aliphatic heterocycles. The summed E-state index contributed by atoms with van der Waals surface area (Å²) in [6, 6.07) is 6.76. The van der Waals surface area contributed by atoms with Gasteiger partial charge in [-0.15, -0.1) is 0 Å². The number of nitrogens with zero attached hydrogens (tertiary/aromatic N) is 1. The zero-order chi connectivity index (χ0) is 12.6. The van der Waals surface area contributed by atoms with Gasteiger partial charge in [-0.1, -0.05) is 26.0 Å². The maximum atomic E-state index is 10.7. The quantitative estimate of drug-likeness (QED) is 0.647. The van der Waals surface area contributed by atoms with E-state index in [-0.39, 0.29) is 28.0 Å². The second-order valence-corrected chi connectivity index (χ2v) is 5.02. The molecule has 1 aromatic rings. The first-order valence-corrected chi connectivity index (χ1v) is 5.91. The first-order valence-electron chi connectivity index (χ1n) is 5.91. The Morgan fingerprint density at radius 3 is 2.82 bits per heavy atom. The zero-order valence-corrected chi connectivity index (χ0v) is 10.1. The van der Waals surface area contributed by atoms with E-state index in [4.69, 9.17) is 0 Å². The van der Waals surface area contributed by atoms with Crippen LogP contribution in [0.4, 0.5) is 5.69 Å². The fourth-order valence-electron chi connectivity index (χ4n) is 2.69. The maximum absolute atomic E-state index is 10.7. The van der Waals surface area contributed by atoms with E-state index in [1.165, 1.54) is 6.07 Å². The lowest BCUT2D eigenvalue weighted by atomic mass is 9.55. The van der Waals surface area contributed by atoms with E-state index in [0.29, 0.717) is 6.42 Å². The number of rotatable bonds is 3. The third-order valence-corrected chi connectivity index (χ3v) is 4.26. The van der Waals surface area contributed by atoms with Crippen molar-refractivity contribution in [2.75, 3.05) is 0 Å². The van der Waals surface area contributed by atoms with Crippen molar-refractivity contribution in [2.45, 2.75) is 38.7 Å². The van der Waals surface area contributed by atoms with Crippen LogP contribution in [0.3, 0.4) is 0 Å². The highest BCUT2D eigenvalue weighted by Crippen LogP contribution is 2.55. The van der Waals surface area contributed by atoms with E-state index >= 15 is 0 Å².